The van der Waals surface area contributed by atoms with Crippen molar-refractivity contribution in [2.45, 2.75) is 13.0 Å². The molecule has 0 aliphatic carbocycles. The highest BCUT2D eigenvalue weighted by Crippen LogP contribution is 2.28. The van der Waals surface area contributed by atoms with Crippen molar-refractivity contribution >= 4 is 27.7 Å². The van der Waals surface area contributed by atoms with Crippen molar-refractivity contribution in [2.24, 2.45) is 0 Å². The molecule has 4 nitrogen and oxygen atoms in total. The fraction of sp³-hybridized carbons (Fsp3) is 0.417. The second kappa shape index (κ2) is 5.06. The summed E-state index contributed by atoms with van der Waals surface area (Å²) in [6, 6.07) is 5.93. The zero-order valence-electron chi connectivity index (χ0n) is 9.87. The lowest BCUT2D eigenvalue weighted by molar-refractivity contribution is 0.178. The van der Waals surface area contributed by atoms with Crippen molar-refractivity contribution in [2.75, 3.05) is 25.1 Å². The van der Waals surface area contributed by atoms with Crippen molar-refractivity contribution in [3.05, 3.63) is 28.2 Å². The Morgan fingerprint density at radius 2 is 2.35 bits per heavy atom. The van der Waals surface area contributed by atoms with Crippen LogP contribution in [-0.2, 0) is 4.74 Å². The standard InChI is InChI=1S/C12H15BrN2O2/c1-8-5-9(13)3-4-11(8)15-10(6-14-2)7-17-12(15)16/h3-5,10,14H,6-7H2,1-2H3. The van der Waals surface area contributed by atoms with Crippen molar-refractivity contribution in [1.82, 2.24) is 5.32 Å². The molecule has 1 saturated heterocycles. The van der Waals surface area contributed by atoms with Crippen molar-refractivity contribution < 1.29 is 9.53 Å². The Hall–Kier alpha value is -1.07. The Morgan fingerprint density at radius 1 is 1.59 bits per heavy atom. The molecule has 2 rings (SSSR count). The summed E-state index contributed by atoms with van der Waals surface area (Å²) in [6.07, 6.45) is -0.268. The van der Waals surface area contributed by atoms with Gasteiger partial charge in [-0.25, -0.2) is 4.79 Å². The maximum atomic E-state index is 11.8. The first-order valence-corrected chi connectivity index (χ1v) is 6.29. The Labute approximate surface area is 109 Å². The SMILES string of the molecule is CNCC1COC(=O)N1c1ccc(Br)cc1C. The van der Waals surface area contributed by atoms with E-state index in [-0.39, 0.29) is 12.1 Å². The van der Waals surface area contributed by atoms with E-state index in [1.165, 1.54) is 0 Å². The minimum Gasteiger partial charge on any atom is -0.447 e. The number of nitrogens with zero attached hydrogens (tertiary/aromatic N) is 1. The molecule has 1 aliphatic heterocycles. The van der Waals surface area contributed by atoms with Crippen molar-refractivity contribution in [3.8, 4) is 0 Å². The largest absolute Gasteiger partial charge is 0.447 e. The number of rotatable bonds is 3. The summed E-state index contributed by atoms with van der Waals surface area (Å²) in [5.74, 6) is 0. The molecule has 92 valence electrons. The summed E-state index contributed by atoms with van der Waals surface area (Å²) in [5.41, 5.74) is 1.97. The molecule has 0 bridgehead atoms. The van der Waals surface area contributed by atoms with Gasteiger partial charge in [-0.15, -0.1) is 0 Å². The first-order valence-electron chi connectivity index (χ1n) is 5.50. The molecule has 1 amide bonds. The summed E-state index contributed by atoms with van der Waals surface area (Å²) in [7, 11) is 1.87. The molecule has 0 radical (unpaired) electrons. The molecule has 17 heavy (non-hydrogen) atoms. The highest BCUT2D eigenvalue weighted by molar-refractivity contribution is 9.10. The van der Waals surface area contributed by atoms with Crippen LogP contribution in [0.25, 0.3) is 0 Å². The van der Waals surface area contributed by atoms with Crippen LogP contribution in [0.1, 0.15) is 5.56 Å². The molecule has 1 unspecified atom stereocenters. The summed E-state index contributed by atoms with van der Waals surface area (Å²) in [4.78, 5) is 13.5. The topological polar surface area (TPSA) is 41.6 Å². The van der Waals surface area contributed by atoms with Gasteiger partial charge in [-0.05, 0) is 37.7 Å². The Balaban J connectivity index is 2.32. The van der Waals surface area contributed by atoms with E-state index in [4.69, 9.17) is 4.74 Å². The number of benzene rings is 1. The van der Waals surface area contributed by atoms with Crippen LogP contribution in [0.4, 0.5) is 10.5 Å². The van der Waals surface area contributed by atoms with Gasteiger partial charge in [0.25, 0.3) is 0 Å². The minimum atomic E-state index is -0.268. The van der Waals surface area contributed by atoms with Crippen LogP contribution < -0.4 is 10.2 Å². The number of carbonyl (C=O) groups excluding carboxylic acids is 1. The van der Waals surface area contributed by atoms with E-state index >= 15 is 0 Å². The van der Waals surface area contributed by atoms with Gasteiger partial charge in [0.15, 0.2) is 0 Å². The Bertz CT molecular complexity index is 437. The normalized spacial score (nSPS) is 19.6. The number of carbonyl (C=O) groups is 1. The summed E-state index contributed by atoms with van der Waals surface area (Å²) in [6.45, 7) is 3.15. The molecule has 0 spiro atoms. The van der Waals surface area contributed by atoms with Crippen LogP contribution in [0.5, 0.6) is 0 Å². The fourth-order valence-corrected chi connectivity index (χ4v) is 2.51. The third kappa shape index (κ3) is 2.45. The first-order chi connectivity index (χ1) is 8.13. The van der Waals surface area contributed by atoms with E-state index < -0.39 is 0 Å². The van der Waals surface area contributed by atoms with Gasteiger partial charge in [-0.3, -0.25) is 4.90 Å². The number of ether oxygens (including phenoxy) is 1. The molecule has 1 fully saturated rings. The highest BCUT2D eigenvalue weighted by Gasteiger charge is 2.34. The number of amides is 1. The van der Waals surface area contributed by atoms with E-state index in [9.17, 15) is 4.79 Å². The van der Waals surface area contributed by atoms with Crippen molar-refractivity contribution in [1.29, 1.82) is 0 Å². The molecule has 5 heteroatoms. The molecule has 1 aliphatic rings. The summed E-state index contributed by atoms with van der Waals surface area (Å²) >= 11 is 3.42. The Kier molecular flexibility index (Phi) is 3.69. The fourth-order valence-electron chi connectivity index (χ4n) is 2.03. The van der Waals surface area contributed by atoms with Gasteiger partial charge in [0.1, 0.15) is 6.61 Å². The zero-order valence-corrected chi connectivity index (χ0v) is 11.5. The average molecular weight is 299 g/mol. The smallest absolute Gasteiger partial charge is 0.414 e. The Morgan fingerprint density at radius 3 is 3.00 bits per heavy atom. The predicted molar refractivity (Wildman–Crippen MR) is 70.4 cm³/mol. The van der Waals surface area contributed by atoms with Crippen molar-refractivity contribution in [3.63, 3.8) is 0 Å². The van der Waals surface area contributed by atoms with Gasteiger partial charge in [0.2, 0.25) is 0 Å². The van der Waals surface area contributed by atoms with Crippen LogP contribution in [0.2, 0.25) is 0 Å². The first kappa shape index (κ1) is 12.4. The van der Waals surface area contributed by atoms with Gasteiger partial charge >= 0.3 is 6.09 Å². The lowest BCUT2D eigenvalue weighted by Gasteiger charge is -2.23. The van der Waals surface area contributed by atoms with Crippen LogP contribution in [0.3, 0.4) is 0 Å². The van der Waals surface area contributed by atoms with Gasteiger partial charge in [-0.1, -0.05) is 15.9 Å². The number of hydrogen-bond donors (Lipinski definition) is 1. The number of cyclic esters (lactones) is 1. The quantitative estimate of drug-likeness (QED) is 0.931. The number of hydrogen-bond acceptors (Lipinski definition) is 3. The minimum absolute atomic E-state index is 0.0624. The second-order valence-electron chi connectivity index (χ2n) is 4.09. The monoisotopic (exact) mass is 298 g/mol. The summed E-state index contributed by atoms with van der Waals surface area (Å²) in [5, 5.41) is 3.08. The van der Waals surface area contributed by atoms with E-state index in [0.29, 0.717) is 6.61 Å². The number of aryl methyl sites for hydroxylation is 1. The number of anilines is 1. The lowest BCUT2D eigenvalue weighted by atomic mass is 10.1. The number of halogens is 1. The van der Waals surface area contributed by atoms with Crippen LogP contribution in [-0.4, -0.2) is 32.3 Å². The van der Waals surface area contributed by atoms with Gasteiger partial charge in [-0.2, -0.15) is 0 Å². The molecule has 0 saturated carbocycles. The van der Waals surface area contributed by atoms with Gasteiger partial charge in [0.05, 0.1) is 11.7 Å². The van der Waals surface area contributed by atoms with Gasteiger partial charge < -0.3 is 10.1 Å². The molecule has 1 atom stereocenters. The van der Waals surface area contributed by atoms with E-state index in [1.807, 2.05) is 32.2 Å². The van der Waals surface area contributed by atoms with E-state index in [2.05, 4.69) is 21.2 Å². The zero-order chi connectivity index (χ0) is 12.4. The third-order valence-corrected chi connectivity index (χ3v) is 3.31. The molecule has 1 N–H and O–H groups in total. The summed E-state index contributed by atoms with van der Waals surface area (Å²) < 4.78 is 6.12. The molecule has 1 heterocycles. The average Bonchev–Trinajstić information content (AvgIpc) is 2.62. The maximum absolute atomic E-state index is 11.8. The molecular weight excluding hydrogens is 284 g/mol. The molecular formula is C12H15BrN2O2. The maximum Gasteiger partial charge on any atom is 0.414 e. The molecule has 1 aromatic rings. The molecule has 0 aromatic heterocycles. The number of likely N-dealkylation sites (N-methyl/N-ethyl adjacent to an activating group) is 1. The van der Waals surface area contributed by atoms with Crippen LogP contribution >= 0.6 is 15.9 Å². The number of nitrogens with one attached hydrogen (secondary N) is 1. The predicted octanol–water partition coefficient (Wildman–Crippen LogP) is 2.30. The van der Waals surface area contributed by atoms with Crippen LogP contribution in [0, 0.1) is 6.92 Å². The lowest BCUT2D eigenvalue weighted by Crippen LogP contribution is -2.40. The second-order valence-corrected chi connectivity index (χ2v) is 5.00. The van der Waals surface area contributed by atoms with E-state index in [1.54, 1.807) is 4.90 Å². The van der Waals surface area contributed by atoms with Crippen LogP contribution in [0.15, 0.2) is 22.7 Å². The van der Waals surface area contributed by atoms with Gasteiger partial charge in [0, 0.05) is 11.0 Å². The highest BCUT2D eigenvalue weighted by atomic mass is 79.9. The third-order valence-electron chi connectivity index (χ3n) is 2.82. The van der Waals surface area contributed by atoms with E-state index in [0.717, 1.165) is 22.3 Å². The molecule has 1 aromatic carbocycles.